The number of aliphatic carboxylic acids is 2. The van der Waals surface area contributed by atoms with E-state index in [0.29, 0.717) is 16.2 Å². The van der Waals surface area contributed by atoms with Gasteiger partial charge in [0.2, 0.25) is 0 Å². The van der Waals surface area contributed by atoms with E-state index < -0.39 is 23.3 Å². The Hall–Kier alpha value is -2.07. The Labute approximate surface area is 170 Å². The lowest BCUT2D eigenvalue weighted by Gasteiger charge is -2.46. The number of benzene rings is 1. The van der Waals surface area contributed by atoms with Crippen LogP contribution in [-0.4, -0.2) is 22.2 Å². The fourth-order valence-electron chi connectivity index (χ4n) is 5.13. The van der Waals surface area contributed by atoms with Crippen molar-refractivity contribution in [2.24, 2.45) is 11.3 Å². The zero-order valence-electron chi connectivity index (χ0n) is 16.6. The summed E-state index contributed by atoms with van der Waals surface area (Å²) in [6.45, 7) is 5.48. The largest absolute Gasteiger partial charge is 0.481 e. The molecule has 0 spiro atoms. The van der Waals surface area contributed by atoms with Gasteiger partial charge in [0, 0.05) is 16.5 Å². The molecule has 0 radical (unpaired) electrons. The van der Waals surface area contributed by atoms with E-state index in [9.17, 15) is 19.8 Å². The van der Waals surface area contributed by atoms with Crippen LogP contribution in [0.4, 0.5) is 0 Å². The van der Waals surface area contributed by atoms with Crippen LogP contribution in [0.25, 0.3) is 0 Å². The highest BCUT2D eigenvalue weighted by Gasteiger charge is 2.55. The molecule has 1 aromatic carbocycles. The molecule has 2 aliphatic rings. The van der Waals surface area contributed by atoms with Gasteiger partial charge in [0.25, 0.3) is 0 Å². The van der Waals surface area contributed by atoms with E-state index in [0.717, 1.165) is 43.2 Å². The Morgan fingerprint density at radius 3 is 2.29 bits per heavy atom. The highest BCUT2D eigenvalue weighted by molar-refractivity contribution is 6.30. The summed E-state index contributed by atoms with van der Waals surface area (Å²) in [4.78, 5) is 25.3. The summed E-state index contributed by atoms with van der Waals surface area (Å²) < 4.78 is 0. The van der Waals surface area contributed by atoms with Crippen molar-refractivity contribution in [3.63, 3.8) is 0 Å². The van der Waals surface area contributed by atoms with E-state index in [-0.39, 0.29) is 11.5 Å². The molecule has 2 N–H and O–H groups in total. The molecule has 0 bridgehead atoms. The van der Waals surface area contributed by atoms with E-state index in [1.165, 1.54) is 0 Å². The standard InChI is InChI=1S/C23H27ClO4/c1-13-9-10-17(24)11-18(13)20-19(21(25)26)15(3)14(2)12-23(20,22(27)28)16-7-5-4-6-8-16/h9-12,16,20H,4-8H2,1-3H3,(H,25,26)(H,27,28). The topological polar surface area (TPSA) is 74.6 Å². The molecule has 0 heterocycles. The SMILES string of the molecule is CC1=CC(C(=O)O)(C2CCCCC2)C(c2cc(Cl)ccc2C)C(C(=O)O)=C1C. The van der Waals surface area contributed by atoms with Gasteiger partial charge in [-0.05, 0) is 68.4 Å². The highest BCUT2D eigenvalue weighted by Crippen LogP contribution is 2.57. The predicted molar refractivity (Wildman–Crippen MR) is 110 cm³/mol. The second kappa shape index (κ2) is 7.75. The first-order valence-corrected chi connectivity index (χ1v) is 10.2. The average molecular weight is 403 g/mol. The third-order valence-corrected chi connectivity index (χ3v) is 6.89. The molecule has 0 saturated heterocycles. The van der Waals surface area contributed by atoms with Crippen molar-refractivity contribution in [1.29, 1.82) is 0 Å². The van der Waals surface area contributed by atoms with Crippen LogP contribution in [0, 0.1) is 18.3 Å². The van der Waals surface area contributed by atoms with Crippen LogP contribution in [0.2, 0.25) is 5.02 Å². The third kappa shape index (κ3) is 3.28. The van der Waals surface area contributed by atoms with E-state index in [1.54, 1.807) is 19.1 Å². The zero-order valence-corrected chi connectivity index (χ0v) is 17.3. The first-order chi connectivity index (χ1) is 13.2. The summed E-state index contributed by atoms with van der Waals surface area (Å²) in [6.07, 6.45) is 6.45. The normalized spacial score (nSPS) is 26.1. The number of halogens is 1. The first kappa shape index (κ1) is 20.7. The Balaban J connectivity index is 2.36. The maximum absolute atomic E-state index is 12.9. The summed E-state index contributed by atoms with van der Waals surface area (Å²) in [5.41, 5.74) is 1.83. The van der Waals surface area contributed by atoms with Crippen molar-refractivity contribution in [3.05, 3.63) is 57.1 Å². The Kier molecular flexibility index (Phi) is 5.72. The number of carbonyl (C=O) groups is 2. The van der Waals surface area contributed by atoms with Gasteiger partial charge in [-0.1, -0.05) is 48.6 Å². The number of rotatable bonds is 4. The molecule has 1 fully saturated rings. The lowest BCUT2D eigenvalue weighted by Crippen LogP contribution is -2.47. The van der Waals surface area contributed by atoms with Gasteiger partial charge in [0.15, 0.2) is 0 Å². The molecule has 1 aromatic rings. The van der Waals surface area contributed by atoms with Crippen LogP contribution >= 0.6 is 11.6 Å². The second-order valence-corrected chi connectivity index (χ2v) is 8.61. The van der Waals surface area contributed by atoms with Gasteiger partial charge in [0.05, 0.1) is 0 Å². The van der Waals surface area contributed by atoms with Gasteiger partial charge in [-0.15, -0.1) is 0 Å². The van der Waals surface area contributed by atoms with Gasteiger partial charge in [-0.3, -0.25) is 4.79 Å². The van der Waals surface area contributed by atoms with Crippen LogP contribution < -0.4 is 0 Å². The monoisotopic (exact) mass is 402 g/mol. The van der Waals surface area contributed by atoms with Crippen LogP contribution in [-0.2, 0) is 9.59 Å². The first-order valence-electron chi connectivity index (χ1n) is 9.83. The van der Waals surface area contributed by atoms with Gasteiger partial charge < -0.3 is 10.2 Å². The van der Waals surface area contributed by atoms with Crippen molar-refractivity contribution in [2.45, 2.75) is 58.8 Å². The summed E-state index contributed by atoms with van der Waals surface area (Å²) in [5, 5.41) is 21.1. The van der Waals surface area contributed by atoms with Crippen LogP contribution in [0.3, 0.4) is 0 Å². The van der Waals surface area contributed by atoms with Crippen molar-refractivity contribution < 1.29 is 19.8 Å². The van der Waals surface area contributed by atoms with Crippen LogP contribution in [0.1, 0.15) is 63.0 Å². The fraction of sp³-hybridized carbons (Fsp3) is 0.478. The minimum Gasteiger partial charge on any atom is -0.481 e. The minimum absolute atomic E-state index is 0.112. The highest BCUT2D eigenvalue weighted by atomic mass is 35.5. The van der Waals surface area contributed by atoms with E-state index in [4.69, 9.17) is 11.6 Å². The fourth-order valence-corrected chi connectivity index (χ4v) is 5.31. The van der Waals surface area contributed by atoms with Crippen molar-refractivity contribution >= 4 is 23.5 Å². The van der Waals surface area contributed by atoms with Gasteiger partial charge in [-0.25, -0.2) is 4.79 Å². The number of aryl methyl sites for hydroxylation is 1. The average Bonchev–Trinajstić information content (AvgIpc) is 2.65. The van der Waals surface area contributed by atoms with Crippen molar-refractivity contribution in [1.82, 2.24) is 0 Å². The van der Waals surface area contributed by atoms with Crippen molar-refractivity contribution in [3.8, 4) is 0 Å². The number of hydrogen-bond donors (Lipinski definition) is 2. The van der Waals surface area contributed by atoms with Gasteiger partial charge in [-0.2, -0.15) is 0 Å². The predicted octanol–water partition coefficient (Wildman–Crippen LogP) is 5.74. The minimum atomic E-state index is -1.28. The molecular formula is C23H27ClO4. The number of carboxylic acids is 2. The molecule has 3 rings (SSSR count). The maximum Gasteiger partial charge on any atom is 0.332 e. The molecule has 4 nitrogen and oxygen atoms in total. The molecule has 150 valence electrons. The van der Waals surface area contributed by atoms with Gasteiger partial charge >= 0.3 is 11.9 Å². The Morgan fingerprint density at radius 1 is 1.07 bits per heavy atom. The lowest BCUT2D eigenvalue weighted by atomic mass is 9.55. The smallest absolute Gasteiger partial charge is 0.332 e. The third-order valence-electron chi connectivity index (χ3n) is 6.65. The number of carboxylic acid groups (broad SMARTS) is 2. The van der Waals surface area contributed by atoms with Gasteiger partial charge in [0.1, 0.15) is 5.41 Å². The lowest BCUT2D eigenvalue weighted by molar-refractivity contribution is -0.151. The molecule has 5 heteroatoms. The Morgan fingerprint density at radius 2 is 1.71 bits per heavy atom. The van der Waals surface area contributed by atoms with E-state index in [1.807, 2.05) is 26.0 Å². The summed E-state index contributed by atoms with van der Waals surface area (Å²) in [6, 6.07) is 5.34. The summed E-state index contributed by atoms with van der Waals surface area (Å²) >= 11 is 6.26. The number of hydrogen-bond acceptors (Lipinski definition) is 2. The zero-order chi connectivity index (χ0) is 20.6. The van der Waals surface area contributed by atoms with E-state index in [2.05, 4.69) is 0 Å². The molecule has 0 aromatic heterocycles. The maximum atomic E-state index is 12.9. The molecule has 2 aliphatic carbocycles. The molecule has 1 saturated carbocycles. The molecule has 2 atom stereocenters. The summed E-state index contributed by atoms with van der Waals surface area (Å²) in [7, 11) is 0. The van der Waals surface area contributed by atoms with Crippen LogP contribution in [0.15, 0.2) is 41.0 Å². The molecule has 0 aliphatic heterocycles. The molecule has 2 unspecified atom stereocenters. The molecule has 0 amide bonds. The van der Waals surface area contributed by atoms with E-state index >= 15 is 0 Å². The van der Waals surface area contributed by atoms with Crippen LogP contribution in [0.5, 0.6) is 0 Å². The Bertz CT molecular complexity index is 877. The molecular weight excluding hydrogens is 376 g/mol. The molecule has 28 heavy (non-hydrogen) atoms. The van der Waals surface area contributed by atoms with Crippen molar-refractivity contribution in [2.75, 3.05) is 0 Å². The number of allylic oxidation sites excluding steroid dienone is 2. The summed E-state index contributed by atoms with van der Waals surface area (Å²) in [5.74, 6) is -2.89. The second-order valence-electron chi connectivity index (χ2n) is 8.18. The quantitative estimate of drug-likeness (QED) is 0.672.